The summed E-state index contributed by atoms with van der Waals surface area (Å²) in [6.45, 7) is 3.60. The van der Waals surface area contributed by atoms with E-state index >= 15 is 0 Å². The average molecular weight is 286 g/mol. The van der Waals surface area contributed by atoms with Crippen LogP contribution in [0.3, 0.4) is 0 Å². The van der Waals surface area contributed by atoms with E-state index in [9.17, 15) is 8.42 Å². The molecule has 2 rings (SSSR count). The van der Waals surface area contributed by atoms with E-state index in [-0.39, 0.29) is 10.3 Å². The molecule has 0 aromatic carbocycles. The zero-order valence-corrected chi connectivity index (χ0v) is 12.1. The summed E-state index contributed by atoms with van der Waals surface area (Å²) in [6.07, 6.45) is 7.33. The highest BCUT2D eigenvalue weighted by atomic mass is 32.2. The molecule has 0 radical (unpaired) electrons. The van der Waals surface area contributed by atoms with Gasteiger partial charge in [0, 0.05) is 19.3 Å². The first kappa shape index (κ1) is 14.5. The van der Waals surface area contributed by atoms with E-state index in [1.165, 1.54) is 18.8 Å². The largest absolute Gasteiger partial charge is 0.329 e. The molecule has 1 aliphatic rings. The lowest BCUT2D eigenvalue weighted by Crippen LogP contribution is -2.41. The van der Waals surface area contributed by atoms with Crippen LogP contribution in [0.2, 0.25) is 0 Å². The fourth-order valence-corrected chi connectivity index (χ4v) is 3.51. The van der Waals surface area contributed by atoms with Gasteiger partial charge in [-0.25, -0.2) is 13.1 Å². The van der Waals surface area contributed by atoms with Crippen LogP contribution >= 0.6 is 0 Å². The number of sulfonamides is 1. The molecule has 0 spiro atoms. The van der Waals surface area contributed by atoms with Gasteiger partial charge in [0.05, 0.1) is 12.7 Å². The molecule has 7 heteroatoms. The Morgan fingerprint density at radius 3 is 2.79 bits per heavy atom. The molecule has 6 nitrogen and oxygen atoms in total. The second-order valence-corrected chi connectivity index (χ2v) is 7.03. The molecule has 1 aliphatic carbocycles. The minimum Gasteiger partial charge on any atom is -0.329 e. The van der Waals surface area contributed by atoms with Crippen molar-refractivity contribution in [1.29, 1.82) is 0 Å². The van der Waals surface area contributed by atoms with Gasteiger partial charge in [0.2, 0.25) is 10.0 Å². The number of nitrogens with zero attached hydrogens (tertiary/aromatic N) is 2. The molecule has 0 aliphatic heterocycles. The third-order valence-electron chi connectivity index (χ3n) is 4.08. The molecule has 1 aromatic rings. The molecule has 1 saturated carbocycles. The standard InChI is InChI=1S/C12H22N4O2S/c1-2-12(4-3-5-12)10-15-19(17,18)11-8-14-16(9-11)7-6-13/h8-9,15H,2-7,10,13H2,1H3. The van der Waals surface area contributed by atoms with Crippen LogP contribution in [0.25, 0.3) is 0 Å². The highest BCUT2D eigenvalue weighted by Crippen LogP contribution is 2.43. The summed E-state index contributed by atoms with van der Waals surface area (Å²) >= 11 is 0. The van der Waals surface area contributed by atoms with Crippen molar-refractivity contribution in [2.75, 3.05) is 13.1 Å². The van der Waals surface area contributed by atoms with Crippen LogP contribution in [0.5, 0.6) is 0 Å². The van der Waals surface area contributed by atoms with Crippen molar-refractivity contribution >= 4 is 10.0 Å². The maximum Gasteiger partial charge on any atom is 0.243 e. The first-order valence-corrected chi connectivity index (χ1v) is 8.22. The van der Waals surface area contributed by atoms with E-state index in [0.717, 1.165) is 19.3 Å². The zero-order chi connectivity index (χ0) is 13.9. The smallest absolute Gasteiger partial charge is 0.243 e. The van der Waals surface area contributed by atoms with Gasteiger partial charge in [-0.1, -0.05) is 13.3 Å². The summed E-state index contributed by atoms with van der Waals surface area (Å²) in [5.41, 5.74) is 5.58. The molecule has 3 N–H and O–H groups in total. The highest BCUT2D eigenvalue weighted by molar-refractivity contribution is 7.89. The van der Waals surface area contributed by atoms with Crippen molar-refractivity contribution < 1.29 is 8.42 Å². The van der Waals surface area contributed by atoms with E-state index < -0.39 is 10.0 Å². The predicted molar refractivity (Wildman–Crippen MR) is 73.0 cm³/mol. The number of hydrogen-bond acceptors (Lipinski definition) is 4. The molecular formula is C12H22N4O2S. The average Bonchev–Trinajstić information content (AvgIpc) is 2.78. The van der Waals surface area contributed by atoms with Crippen LogP contribution in [0, 0.1) is 5.41 Å². The number of rotatable bonds is 7. The quantitative estimate of drug-likeness (QED) is 0.772. The Balaban J connectivity index is 2.01. The molecular weight excluding hydrogens is 264 g/mol. The SMILES string of the molecule is CCC1(CNS(=O)(=O)c2cnn(CCN)c2)CCC1. The number of nitrogens with one attached hydrogen (secondary N) is 1. The predicted octanol–water partition coefficient (Wildman–Crippen LogP) is 0.700. The monoisotopic (exact) mass is 286 g/mol. The van der Waals surface area contributed by atoms with Gasteiger partial charge in [-0.05, 0) is 24.7 Å². The highest BCUT2D eigenvalue weighted by Gasteiger charge is 2.36. The topological polar surface area (TPSA) is 90.0 Å². The van der Waals surface area contributed by atoms with Crippen LogP contribution < -0.4 is 10.5 Å². The van der Waals surface area contributed by atoms with E-state index in [4.69, 9.17) is 5.73 Å². The lowest BCUT2D eigenvalue weighted by atomic mass is 9.67. The Morgan fingerprint density at radius 1 is 1.53 bits per heavy atom. The maximum atomic E-state index is 12.2. The Labute approximate surface area is 114 Å². The van der Waals surface area contributed by atoms with Gasteiger partial charge in [-0.15, -0.1) is 0 Å². The molecule has 108 valence electrons. The number of hydrogen-bond donors (Lipinski definition) is 2. The normalized spacial score (nSPS) is 18.2. The van der Waals surface area contributed by atoms with Gasteiger partial charge in [-0.3, -0.25) is 4.68 Å². The molecule has 0 bridgehead atoms. The summed E-state index contributed by atoms with van der Waals surface area (Å²) in [6, 6.07) is 0. The van der Waals surface area contributed by atoms with Gasteiger partial charge in [-0.2, -0.15) is 5.10 Å². The van der Waals surface area contributed by atoms with Gasteiger partial charge in [0.25, 0.3) is 0 Å². The molecule has 1 fully saturated rings. The van der Waals surface area contributed by atoms with Crippen LogP contribution in [0.4, 0.5) is 0 Å². The van der Waals surface area contributed by atoms with Crippen molar-refractivity contribution in [2.45, 2.75) is 44.0 Å². The van der Waals surface area contributed by atoms with E-state index in [0.29, 0.717) is 19.6 Å². The summed E-state index contributed by atoms with van der Waals surface area (Å²) in [4.78, 5) is 0.214. The minimum absolute atomic E-state index is 0.167. The first-order chi connectivity index (χ1) is 9.01. The lowest BCUT2D eigenvalue weighted by Gasteiger charge is -2.41. The Kier molecular flexibility index (Phi) is 4.27. The summed E-state index contributed by atoms with van der Waals surface area (Å²) in [5, 5.41) is 3.99. The molecule has 0 atom stereocenters. The van der Waals surface area contributed by atoms with Crippen molar-refractivity contribution in [3.05, 3.63) is 12.4 Å². The van der Waals surface area contributed by atoms with Crippen molar-refractivity contribution in [2.24, 2.45) is 11.1 Å². The van der Waals surface area contributed by atoms with E-state index in [1.54, 1.807) is 4.68 Å². The second kappa shape index (κ2) is 5.60. The summed E-state index contributed by atoms with van der Waals surface area (Å²) in [7, 11) is -3.45. The maximum absolute atomic E-state index is 12.2. The molecule has 19 heavy (non-hydrogen) atoms. The molecule has 1 heterocycles. The number of aromatic nitrogens is 2. The fraction of sp³-hybridized carbons (Fsp3) is 0.750. The van der Waals surface area contributed by atoms with Gasteiger partial charge >= 0.3 is 0 Å². The molecule has 0 saturated heterocycles. The van der Waals surface area contributed by atoms with Crippen LogP contribution in [-0.2, 0) is 16.6 Å². The Hall–Kier alpha value is -0.920. The minimum atomic E-state index is -3.45. The van der Waals surface area contributed by atoms with Gasteiger partial charge in [0.15, 0.2) is 0 Å². The third kappa shape index (κ3) is 3.16. The third-order valence-corrected chi connectivity index (χ3v) is 5.44. The van der Waals surface area contributed by atoms with Gasteiger partial charge < -0.3 is 5.73 Å². The number of nitrogens with two attached hydrogens (primary N) is 1. The van der Waals surface area contributed by atoms with Crippen LogP contribution in [0.15, 0.2) is 17.3 Å². The van der Waals surface area contributed by atoms with E-state index in [2.05, 4.69) is 16.7 Å². The Bertz CT molecular complexity index is 514. The van der Waals surface area contributed by atoms with Crippen LogP contribution in [0.1, 0.15) is 32.6 Å². The van der Waals surface area contributed by atoms with Crippen molar-refractivity contribution in [3.63, 3.8) is 0 Å². The second-order valence-electron chi connectivity index (χ2n) is 5.26. The molecule has 0 amide bonds. The zero-order valence-electron chi connectivity index (χ0n) is 11.3. The summed E-state index contributed by atoms with van der Waals surface area (Å²) in [5.74, 6) is 0. The van der Waals surface area contributed by atoms with Crippen LogP contribution in [-0.4, -0.2) is 31.3 Å². The van der Waals surface area contributed by atoms with Gasteiger partial charge in [0.1, 0.15) is 4.90 Å². The molecule has 1 aromatic heterocycles. The fourth-order valence-electron chi connectivity index (χ4n) is 2.40. The lowest BCUT2D eigenvalue weighted by molar-refractivity contribution is 0.133. The Morgan fingerprint density at radius 2 is 2.26 bits per heavy atom. The summed E-state index contributed by atoms with van der Waals surface area (Å²) < 4.78 is 28.6. The van der Waals surface area contributed by atoms with Crippen molar-refractivity contribution in [1.82, 2.24) is 14.5 Å². The first-order valence-electron chi connectivity index (χ1n) is 6.73. The van der Waals surface area contributed by atoms with Crippen molar-refractivity contribution in [3.8, 4) is 0 Å². The molecule has 0 unspecified atom stereocenters. The van der Waals surface area contributed by atoms with E-state index in [1.807, 2.05) is 0 Å².